The van der Waals surface area contributed by atoms with Crippen molar-refractivity contribution in [2.45, 2.75) is 4.90 Å². The summed E-state index contributed by atoms with van der Waals surface area (Å²) >= 11 is 7.40. The van der Waals surface area contributed by atoms with E-state index >= 15 is 0 Å². The van der Waals surface area contributed by atoms with Crippen LogP contribution in [-0.2, 0) is 14.6 Å². The van der Waals surface area contributed by atoms with Crippen LogP contribution >= 0.6 is 22.9 Å². The van der Waals surface area contributed by atoms with Crippen LogP contribution in [0.1, 0.15) is 0 Å². The van der Waals surface area contributed by atoms with Gasteiger partial charge in [0.1, 0.15) is 5.75 Å². The van der Waals surface area contributed by atoms with Gasteiger partial charge in [-0.3, -0.25) is 10.1 Å². The molecular formula is C20H15ClN2O4S2. The van der Waals surface area contributed by atoms with E-state index in [2.05, 4.69) is 10.3 Å². The summed E-state index contributed by atoms with van der Waals surface area (Å²) in [5.74, 6) is 0.189. The summed E-state index contributed by atoms with van der Waals surface area (Å²) in [6.07, 6.45) is 1.15. The SMILES string of the molecule is CS(=O)(=O)c1ccc2nc(NC(=O)COc3ccc(Cl)c4ccccc34)sc2c1. The Bertz CT molecular complexity index is 1350. The van der Waals surface area contributed by atoms with Gasteiger partial charge in [0.05, 0.1) is 15.1 Å². The van der Waals surface area contributed by atoms with E-state index in [0.717, 1.165) is 17.0 Å². The molecule has 0 saturated heterocycles. The van der Waals surface area contributed by atoms with Crippen molar-refractivity contribution in [3.63, 3.8) is 0 Å². The summed E-state index contributed by atoms with van der Waals surface area (Å²) in [6.45, 7) is -0.198. The third-order valence-corrected chi connectivity index (χ3v) is 6.60. The first kappa shape index (κ1) is 19.6. The maximum Gasteiger partial charge on any atom is 0.264 e. The summed E-state index contributed by atoms with van der Waals surface area (Å²) in [7, 11) is -3.31. The molecule has 0 atom stereocenters. The molecule has 0 aliphatic heterocycles. The average molecular weight is 447 g/mol. The molecule has 148 valence electrons. The first-order valence-electron chi connectivity index (χ1n) is 8.52. The quantitative estimate of drug-likeness (QED) is 0.487. The van der Waals surface area contributed by atoms with Gasteiger partial charge >= 0.3 is 0 Å². The molecule has 0 aliphatic rings. The highest BCUT2D eigenvalue weighted by molar-refractivity contribution is 7.90. The van der Waals surface area contributed by atoms with Gasteiger partial charge in [-0.1, -0.05) is 47.2 Å². The largest absolute Gasteiger partial charge is 0.483 e. The number of benzene rings is 3. The van der Waals surface area contributed by atoms with Crippen LogP contribution in [0.15, 0.2) is 59.5 Å². The summed E-state index contributed by atoms with van der Waals surface area (Å²) < 4.78 is 29.7. The number of halogens is 1. The molecule has 0 spiro atoms. The number of rotatable bonds is 5. The van der Waals surface area contributed by atoms with Crippen LogP contribution in [0.25, 0.3) is 21.0 Å². The van der Waals surface area contributed by atoms with Crippen LogP contribution in [-0.4, -0.2) is 32.2 Å². The molecule has 1 amide bonds. The van der Waals surface area contributed by atoms with Crippen molar-refractivity contribution < 1.29 is 17.9 Å². The number of carbonyl (C=O) groups is 1. The lowest BCUT2D eigenvalue weighted by Crippen LogP contribution is -2.20. The van der Waals surface area contributed by atoms with Gasteiger partial charge in [-0.25, -0.2) is 13.4 Å². The van der Waals surface area contributed by atoms with Gasteiger partial charge < -0.3 is 4.74 Å². The molecule has 0 aliphatic carbocycles. The smallest absolute Gasteiger partial charge is 0.264 e. The van der Waals surface area contributed by atoms with E-state index < -0.39 is 9.84 Å². The van der Waals surface area contributed by atoms with Gasteiger partial charge in [0.15, 0.2) is 21.6 Å². The Morgan fingerprint density at radius 2 is 1.90 bits per heavy atom. The van der Waals surface area contributed by atoms with Crippen LogP contribution in [0.3, 0.4) is 0 Å². The second kappa shape index (κ2) is 7.62. The molecule has 0 saturated carbocycles. The van der Waals surface area contributed by atoms with E-state index in [4.69, 9.17) is 16.3 Å². The van der Waals surface area contributed by atoms with Crippen molar-refractivity contribution in [3.8, 4) is 5.75 Å². The topological polar surface area (TPSA) is 85.4 Å². The molecule has 29 heavy (non-hydrogen) atoms. The number of aromatic nitrogens is 1. The number of hydrogen-bond donors (Lipinski definition) is 1. The molecule has 4 rings (SSSR count). The molecule has 3 aromatic carbocycles. The normalized spacial score (nSPS) is 11.7. The molecule has 0 fully saturated rings. The summed E-state index contributed by atoms with van der Waals surface area (Å²) in [4.78, 5) is 16.8. The highest BCUT2D eigenvalue weighted by atomic mass is 35.5. The van der Waals surface area contributed by atoms with Crippen molar-refractivity contribution in [3.05, 3.63) is 59.6 Å². The Kier molecular flexibility index (Phi) is 5.16. The molecule has 0 bridgehead atoms. The standard InChI is InChI=1S/C20H15ClN2O4S2/c1-29(25,26)12-6-8-16-18(10-12)28-20(22-16)23-19(24)11-27-17-9-7-15(21)13-4-2-3-5-14(13)17/h2-10H,11H2,1H3,(H,22,23,24). The third-order valence-electron chi connectivity index (χ3n) is 4.22. The van der Waals surface area contributed by atoms with Crippen molar-refractivity contribution in [1.29, 1.82) is 0 Å². The van der Waals surface area contributed by atoms with Gasteiger partial charge in [0.2, 0.25) is 0 Å². The van der Waals surface area contributed by atoms with Gasteiger partial charge in [0, 0.05) is 22.1 Å². The van der Waals surface area contributed by atoms with Gasteiger partial charge in [-0.2, -0.15) is 0 Å². The first-order valence-corrected chi connectivity index (χ1v) is 11.6. The molecule has 6 nitrogen and oxygen atoms in total. The Labute approximate surface area is 176 Å². The van der Waals surface area contributed by atoms with Crippen LogP contribution < -0.4 is 10.1 Å². The van der Waals surface area contributed by atoms with Crippen LogP contribution in [0, 0.1) is 0 Å². The Morgan fingerprint density at radius 1 is 1.14 bits per heavy atom. The maximum absolute atomic E-state index is 12.3. The number of amides is 1. The summed E-state index contributed by atoms with van der Waals surface area (Å²) in [5, 5.41) is 5.34. The van der Waals surface area contributed by atoms with Crippen LogP contribution in [0.2, 0.25) is 5.02 Å². The van der Waals surface area contributed by atoms with Crippen molar-refractivity contribution in [2.24, 2.45) is 0 Å². The number of thiazole rings is 1. The molecule has 1 heterocycles. The number of ether oxygens (including phenoxy) is 1. The van der Waals surface area contributed by atoms with Gasteiger partial charge in [-0.15, -0.1) is 0 Å². The average Bonchev–Trinajstić information content (AvgIpc) is 3.08. The molecule has 1 N–H and O–H groups in total. The number of nitrogens with zero attached hydrogens (tertiary/aromatic N) is 1. The number of anilines is 1. The van der Waals surface area contributed by atoms with E-state index in [1.807, 2.05) is 24.3 Å². The Hall–Kier alpha value is -2.68. The molecule has 0 unspecified atom stereocenters. The number of fused-ring (bicyclic) bond motifs is 2. The van der Waals surface area contributed by atoms with E-state index in [1.54, 1.807) is 24.3 Å². The lowest BCUT2D eigenvalue weighted by molar-refractivity contribution is -0.118. The number of hydrogen-bond acceptors (Lipinski definition) is 6. The first-order chi connectivity index (χ1) is 13.8. The number of carbonyl (C=O) groups excluding carboxylic acids is 1. The van der Waals surface area contributed by atoms with E-state index in [0.29, 0.717) is 26.1 Å². The fraction of sp³-hybridized carbons (Fsp3) is 0.100. The molecule has 0 radical (unpaired) electrons. The maximum atomic E-state index is 12.3. The minimum absolute atomic E-state index is 0.198. The number of nitrogens with one attached hydrogen (secondary N) is 1. The van der Waals surface area contributed by atoms with E-state index in [1.165, 1.54) is 17.4 Å². The minimum atomic E-state index is -3.31. The van der Waals surface area contributed by atoms with E-state index in [9.17, 15) is 13.2 Å². The summed E-state index contributed by atoms with van der Waals surface area (Å²) in [5.41, 5.74) is 0.613. The third kappa shape index (κ3) is 4.19. The Balaban J connectivity index is 1.48. The Morgan fingerprint density at radius 3 is 2.66 bits per heavy atom. The van der Waals surface area contributed by atoms with Crippen molar-refractivity contribution >= 4 is 64.8 Å². The lowest BCUT2D eigenvalue weighted by Gasteiger charge is -2.10. The molecule has 4 aromatic rings. The number of sulfone groups is 1. The highest BCUT2D eigenvalue weighted by Crippen LogP contribution is 2.31. The van der Waals surface area contributed by atoms with Crippen LogP contribution in [0.5, 0.6) is 5.75 Å². The molecule has 1 aromatic heterocycles. The predicted octanol–water partition coefficient (Wildman–Crippen LogP) is 4.52. The van der Waals surface area contributed by atoms with Gasteiger partial charge in [-0.05, 0) is 30.3 Å². The summed E-state index contributed by atoms with van der Waals surface area (Å²) in [6, 6.07) is 15.6. The second-order valence-corrected chi connectivity index (χ2v) is 9.80. The lowest BCUT2D eigenvalue weighted by atomic mass is 10.1. The van der Waals surface area contributed by atoms with E-state index in [-0.39, 0.29) is 17.4 Å². The molecular weight excluding hydrogens is 432 g/mol. The van der Waals surface area contributed by atoms with Crippen molar-refractivity contribution in [1.82, 2.24) is 4.98 Å². The zero-order valence-corrected chi connectivity index (χ0v) is 17.6. The minimum Gasteiger partial charge on any atom is -0.483 e. The van der Waals surface area contributed by atoms with Crippen molar-refractivity contribution in [2.75, 3.05) is 18.2 Å². The fourth-order valence-corrected chi connectivity index (χ4v) is 4.72. The highest BCUT2D eigenvalue weighted by Gasteiger charge is 2.13. The predicted molar refractivity (Wildman–Crippen MR) is 116 cm³/mol. The zero-order valence-electron chi connectivity index (χ0n) is 15.2. The molecule has 9 heteroatoms. The second-order valence-electron chi connectivity index (χ2n) is 6.35. The van der Waals surface area contributed by atoms with Gasteiger partial charge in [0.25, 0.3) is 5.91 Å². The zero-order chi connectivity index (χ0) is 20.6. The fourth-order valence-electron chi connectivity index (χ4n) is 2.85. The van der Waals surface area contributed by atoms with Crippen LogP contribution in [0.4, 0.5) is 5.13 Å². The monoisotopic (exact) mass is 446 g/mol.